The van der Waals surface area contributed by atoms with Crippen LogP contribution in [0.4, 0.5) is 18.9 Å². The Labute approximate surface area is 174 Å². The molecule has 1 aliphatic heterocycles. The van der Waals surface area contributed by atoms with Crippen LogP contribution in [0.25, 0.3) is 0 Å². The van der Waals surface area contributed by atoms with E-state index < -0.39 is 6.36 Å². The van der Waals surface area contributed by atoms with Gasteiger partial charge in [-0.05, 0) is 43.0 Å². The molecule has 0 bridgehead atoms. The van der Waals surface area contributed by atoms with Gasteiger partial charge in [-0.3, -0.25) is 14.5 Å². The summed E-state index contributed by atoms with van der Waals surface area (Å²) in [5, 5.41) is 2.67. The molecule has 1 N–H and O–H groups in total. The largest absolute Gasteiger partial charge is 0.573 e. The average molecular weight is 427 g/mol. The molecule has 1 saturated carbocycles. The molecule has 1 aliphatic carbocycles. The quantitative estimate of drug-likeness (QED) is 0.753. The van der Waals surface area contributed by atoms with Crippen LogP contribution in [0, 0.1) is 5.92 Å². The first-order valence-electron chi connectivity index (χ1n) is 10.4. The summed E-state index contributed by atoms with van der Waals surface area (Å²) < 4.78 is 40.4. The molecule has 0 spiro atoms. The van der Waals surface area contributed by atoms with Crippen molar-refractivity contribution in [2.75, 3.05) is 38.0 Å². The topological polar surface area (TPSA) is 61.9 Å². The molecule has 2 aliphatic rings. The van der Waals surface area contributed by atoms with E-state index in [0.717, 1.165) is 25.0 Å². The number of rotatable bonds is 6. The minimum Gasteiger partial charge on any atom is -0.406 e. The van der Waals surface area contributed by atoms with Crippen LogP contribution in [-0.2, 0) is 9.59 Å². The Hall–Kier alpha value is -2.29. The summed E-state index contributed by atoms with van der Waals surface area (Å²) in [4.78, 5) is 28.6. The standard InChI is InChI=1S/C21H28F3N3O3/c22-21(23,24)30-18-8-6-17(7-9-18)25-19(28)15-26-10-12-27(13-11-26)20(29)14-16-4-2-1-3-5-16/h6-9,16H,1-5,10-15H2,(H,25,28). The van der Waals surface area contributed by atoms with Crippen LogP contribution in [0.15, 0.2) is 24.3 Å². The van der Waals surface area contributed by atoms with Gasteiger partial charge in [0.05, 0.1) is 6.54 Å². The second-order valence-electron chi connectivity index (χ2n) is 7.99. The van der Waals surface area contributed by atoms with E-state index in [9.17, 15) is 22.8 Å². The van der Waals surface area contributed by atoms with Crippen LogP contribution < -0.4 is 10.1 Å². The van der Waals surface area contributed by atoms with E-state index in [1.165, 1.54) is 31.4 Å². The monoisotopic (exact) mass is 427 g/mol. The highest BCUT2D eigenvalue weighted by Crippen LogP contribution is 2.27. The van der Waals surface area contributed by atoms with Gasteiger partial charge >= 0.3 is 6.36 Å². The molecule has 1 aromatic rings. The van der Waals surface area contributed by atoms with Gasteiger partial charge in [0.15, 0.2) is 0 Å². The van der Waals surface area contributed by atoms with Crippen molar-refractivity contribution in [3.05, 3.63) is 24.3 Å². The number of ether oxygens (including phenoxy) is 1. The summed E-state index contributed by atoms with van der Waals surface area (Å²) >= 11 is 0. The summed E-state index contributed by atoms with van der Waals surface area (Å²) in [6.07, 6.45) is 1.90. The molecule has 9 heteroatoms. The predicted octanol–water partition coefficient (Wildman–Crippen LogP) is 3.64. The van der Waals surface area contributed by atoms with Crippen molar-refractivity contribution < 1.29 is 27.5 Å². The zero-order chi connectivity index (χ0) is 21.6. The Balaban J connectivity index is 1.38. The van der Waals surface area contributed by atoms with E-state index in [1.54, 1.807) is 0 Å². The first-order valence-corrected chi connectivity index (χ1v) is 10.4. The van der Waals surface area contributed by atoms with Gasteiger partial charge in [0, 0.05) is 38.3 Å². The maximum Gasteiger partial charge on any atom is 0.573 e. The number of alkyl halides is 3. The Morgan fingerprint density at radius 1 is 1.00 bits per heavy atom. The number of carbonyl (C=O) groups is 2. The maximum absolute atomic E-state index is 12.5. The molecule has 1 aromatic carbocycles. The SMILES string of the molecule is O=C(CN1CCN(C(=O)CC2CCCCC2)CC1)Nc1ccc(OC(F)(F)F)cc1. The number of piperazine rings is 1. The summed E-state index contributed by atoms with van der Waals surface area (Å²) in [5.74, 6) is 0.145. The molecule has 1 saturated heterocycles. The Kier molecular flexibility index (Phi) is 7.58. The second kappa shape index (κ2) is 10.1. The Morgan fingerprint density at radius 2 is 1.63 bits per heavy atom. The van der Waals surface area contributed by atoms with Crippen molar-refractivity contribution in [1.29, 1.82) is 0 Å². The molecule has 0 atom stereocenters. The third kappa shape index (κ3) is 7.19. The highest BCUT2D eigenvalue weighted by molar-refractivity contribution is 5.92. The van der Waals surface area contributed by atoms with Crippen LogP contribution in [0.3, 0.4) is 0 Å². The number of nitrogens with zero attached hydrogens (tertiary/aromatic N) is 2. The zero-order valence-corrected chi connectivity index (χ0v) is 16.9. The van der Waals surface area contributed by atoms with E-state index >= 15 is 0 Å². The second-order valence-corrected chi connectivity index (χ2v) is 7.99. The summed E-state index contributed by atoms with van der Waals surface area (Å²) in [6, 6.07) is 5.03. The van der Waals surface area contributed by atoms with Gasteiger partial charge in [-0.2, -0.15) is 0 Å². The molecule has 1 heterocycles. The summed E-state index contributed by atoms with van der Waals surface area (Å²) in [7, 11) is 0. The number of hydrogen-bond acceptors (Lipinski definition) is 4. The lowest BCUT2D eigenvalue weighted by Crippen LogP contribution is -2.50. The number of benzene rings is 1. The van der Waals surface area contributed by atoms with Crippen molar-refractivity contribution in [1.82, 2.24) is 9.80 Å². The molecule has 2 fully saturated rings. The maximum atomic E-state index is 12.5. The number of hydrogen-bond donors (Lipinski definition) is 1. The minimum atomic E-state index is -4.75. The molecule has 30 heavy (non-hydrogen) atoms. The molecule has 0 aromatic heterocycles. The molecule has 0 radical (unpaired) electrons. The Morgan fingerprint density at radius 3 is 2.23 bits per heavy atom. The van der Waals surface area contributed by atoms with Crippen molar-refractivity contribution in [2.45, 2.75) is 44.9 Å². The minimum absolute atomic E-state index is 0.172. The number of anilines is 1. The van der Waals surface area contributed by atoms with Gasteiger partial charge in [0.1, 0.15) is 5.75 Å². The van der Waals surface area contributed by atoms with E-state index in [-0.39, 0.29) is 24.1 Å². The molecular weight excluding hydrogens is 399 g/mol. The van der Waals surface area contributed by atoms with E-state index in [1.807, 2.05) is 9.80 Å². The number of carbonyl (C=O) groups excluding carboxylic acids is 2. The highest BCUT2D eigenvalue weighted by atomic mass is 19.4. The zero-order valence-electron chi connectivity index (χ0n) is 16.9. The van der Waals surface area contributed by atoms with Crippen molar-refractivity contribution in [3.63, 3.8) is 0 Å². The smallest absolute Gasteiger partial charge is 0.406 e. The molecule has 166 valence electrons. The molecule has 2 amide bonds. The van der Waals surface area contributed by atoms with Crippen LogP contribution in [0.2, 0.25) is 0 Å². The van der Waals surface area contributed by atoms with Crippen LogP contribution in [0.5, 0.6) is 5.75 Å². The van der Waals surface area contributed by atoms with E-state index in [2.05, 4.69) is 10.1 Å². The first kappa shape index (κ1) is 22.4. The van der Waals surface area contributed by atoms with Gasteiger partial charge in [-0.25, -0.2) is 0 Å². The van der Waals surface area contributed by atoms with Crippen molar-refractivity contribution >= 4 is 17.5 Å². The van der Waals surface area contributed by atoms with Crippen LogP contribution >= 0.6 is 0 Å². The molecular formula is C21H28F3N3O3. The third-order valence-corrected chi connectivity index (χ3v) is 5.65. The van der Waals surface area contributed by atoms with Gasteiger partial charge in [0.25, 0.3) is 0 Å². The number of nitrogens with one attached hydrogen (secondary N) is 1. The van der Waals surface area contributed by atoms with Crippen molar-refractivity contribution in [2.24, 2.45) is 5.92 Å². The van der Waals surface area contributed by atoms with Gasteiger partial charge < -0.3 is 15.0 Å². The lowest BCUT2D eigenvalue weighted by molar-refractivity contribution is -0.274. The first-order chi connectivity index (χ1) is 14.3. The molecule has 0 unspecified atom stereocenters. The predicted molar refractivity (Wildman–Crippen MR) is 106 cm³/mol. The number of amides is 2. The fraction of sp³-hybridized carbons (Fsp3) is 0.619. The molecule has 3 rings (SSSR count). The van der Waals surface area contributed by atoms with Gasteiger partial charge in [-0.15, -0.1) is 13.2 Å². The van der Waals surface area contributed by atoms with Gasteiger partial charge in [0.2, 0.25) is 11.8 Å². The lowest BCUT2D eigenvalue weighted by Gasteiger charge is -2.35. The fourth-order valence-corrected chi connectivity index (χ4v) is 4.07. The average Bonchev–Trinajstić information content (AvgIpc) is 2.69. The van der Waals surface area contributed by atoms with Crippen molar-refractivity contribution in [3.8, 4) is 5.75 Å². The highest BCUT2D eigenvalue weighted by Gasteiger charge is 2.31. The Bertz CT molecular complexity index is 710. The summed E-state index contributed by atoms with van der Waals surface area (Å²) in [5.41, 5.74) is 0.399. The van der Waals surface area contributed by atoms with E-state index in [0.29, 0.717) is 44.2 Å². The number of halogens is 3. The third-order valence-electron chi connectivity index (χ3n) is 5.65. The molecule has 6 nitrogen and oxygen atoms in total. The van der Waals surface area contributed by atoms with E-state index in [4.69, 9.17) is 0 Å². The van der Waals surface area contributed by atoms with Crippen LogP contribution in [0.1, 0.15) is 38.5 Å². The fourth-order valence-electron chi connectivity index (χ4n) is 4.07. The lowest BCUT2D eigenvalue weighted by atomic mass is 9.86. The van der Waals surface area contributed by atoms with Gasteiger partial charge in [-0.1, -0.05) is 19.3 Å². The summed E-state index contributed by atoms with van der Waals surface area (Å²) in [6.45, 7) is 2.65. The normalized spacial score (nSPS) is 18.8. The van der Waals surface area contributed by atoms with Crippen LogP contribution in [-0.4, -0.2) is 60.7 Å².